The number of hydrogen-bond donors (Lipinski definition) is 2. The second-order valence-electron chi connectivity index (χ2n) is 8.97. The number of rotatable bonds is 10. The number of benzene rings is 3. The maximum absolute atomic E-state index is 12.6. The van der Waals surface area contributed by atoms with E-state index in [1.54, 1.807) is 12.1 Å². The molecule has 7 nitrogen and oxygen atoms in total. The topological polar surface area (TPSA) is 95.6 Å². The van der Waals surface area contributed by atoms with Gasteiger partial charge >= 0.3 is 5.97 Å². The number of aromatic nitrogens is 1. The monoisotopic (exact) mass is 487 g/mol. The molecular weight excluding hydrogens is 454 g/mol. The number of amides is 1. The summed E-state index contributed by atoms with van der Waals surface area (Å²) in [5, 5.41) is 1.72. The molecule has 0 atom stereocenters. The zero-order valence-electron chi connectivity index (χ0n) is 21.1. The van der Waals surface area contributed by atoms with Crippen LogP contribution < -0.4 is 16.0 Å². The predicted octanol–water partition coefficient (Wildman–Crippen LogP) is 5.08. The van der Waals surface area contributed by atoms with Gasteiger partial charge in [0.05, 0.1) is 35.7 Å². The van der Waals surface area contributed by atoms with Gasteiger partial charge in [-0.1, -0.05) is 38.0 Å². The molecule has 0 radical (unpaired) electrons. The molecule has 1 aromatic heterocycles. The van der Waals surface area contributed by atoms with Crippen LogP contribution >= 0.6 is 0 Å². The Morgan fingerprint density at radius 1 is 0.944 bits per heavy atom. The molecule has 0 aliphatic heterocycles. The van der Waals surface area contributed by atoms with Gasteiger partial charge in [0.25, 0.3) is 5.91 Å². The molecule has 3 N–H and O–H groups in total. The molecule has 188 valence electrons. The number of carbonyl (C=O) groups is 2. The van der Waals surface area contributed by atoms with E-state index in [1.165, 1.54) is 19.1 Å². The third-order valence-electron chi connectivity index (χ3n) is 6.60. The summed E-state index contributed by atoms with van der Waals surface area (Å²) in [5.74, 6) is 5.53. The van der Waals surface area contributed by atoms with Gasteiger partial charge in [-0.3, -0.25) is 10.2 Å². The van der Waals surface area contributed by atoms with Gasteiger partial charge in [0.15, 0.2) is 0 Å². The minimum absolute atomic E-state index is 0.342. The van der Waals surface area contributed by atoms with Crippen molar-refractivity contribution in [3.63, 3.8) is 0 Å². The van der Waals surface area contributed by atoms with E-state index in [-0.39, 0.29) is 11.9 Å². The molecule has 0 spiro atoms. The fourth-order valence-corrected chi connectivity index (χ4v) is 4.74. The van der Waals surface area contributed by atoms with E-state index < -0.39 is 0 Å². The molecule has 3 aromatic carbocycles. The van der Waals surface area contributed by atoms with Gasteiger partial charge in [-0.05, 0) is 60.4 Å². The van der Waals surface area contributed by atoms with Crippen LogP contribution in [0.25, 0.3) is 21.8 Å². The number of nitrogens with two attached hydrogens (primary N) is 1. The SMILES string of the molecule is CCCCCc1cc(OCCc2cccc(C(=O)OC)c2)c2c3c(C(=O)NN)cccc3n(C)c2c1. The Kier molecular flexibility index (Phi) is 7.90. The van der Waals surface area contributed by atoms with Crippen LogP contribution in [0.2, 0.25) is 0 Å². The lowest BCUT2D eigenvalue weighted by Gasteiger charge is -2.12. The predicted molar refractivity (Wildman–Crippen MR) is 142 cm³/mol. The first kappa shape index (κ1) is 25.3. The minimum atomic E-state index is -0.360. The van der Waals surface area contributed by atoms with Gasteiger partial charge in [0.1, 0.15) is 5.75 Å². The molecule has 7 heteroatoms. The summed E-state index contributed by atoms with van der Waals surface area (Å²) in [6.07, 6.45) is 5.00. The molecule has 36 heavy (non-hydrogen) atoms. The van der Waals surface area contributed by atoms with E-state index in [1.807, 2.05) is 37.4 Å². The van der Waals surface area contributed by atoms with Crippen LogP contribution in [0.3, 0.4) is 0 Å². The smallest absolute Gasteiger partial charge is 0.337 e. The number of nitrogen functional groups attached to an aromatic ring is 1. The molecule has 0 fully saturated rings. The van der Waals surface area contributed by atoms with Crippen molar-refractivity contribution in [2.24, 2.45) is 12.9 Å². The summed E-state index contributed by atoms with van der Waals surface area (Å²) in [7, 11) is 3.38. The number of hydrazine groups is 1. The fraction of sp³-hybridized carbons (Fsp3) is 0.310. The van der Waals surface area contributed by atoms with Gasteiger partial charge in [-0.15, -0.1) is 0 Å². The Morgan fingerprint density at radius 2 is 1.75 bits per heavy atom. The Bertz CT molecular complexity index is 1410. The molecule has 1 heterocycles. The summed E-state index contributed by atoms with van der Waals surface area (Å²) in [6.45, 7) is 2.61. The summed E-state index contributed by atoms with van der Waals surface area (Å²) in [6, 6.07) is 17.3. The Labute approximate surface area is 211 Å². The van der Waals surface area contributed by atoms with Crippen LogP contribution in [0, 0.1) is 0 Å². The molecule has 0 saturated carbocycles. The van der Waals surface area contributed by atoms with Gasteiger partial charge < -0.3 is 14.0 Å². The summed E-state index contributed by atoms with van der Waals surface area (Å²) in [4.78, 5) is 24.5. The third kappa shape index (κ3) is 5.06. The first-order chi connectivity index (χ1) is 17.5. The van der Waals surface area contributed by atoms with E-state index in [0.717, 1.165) is 52.4 Å². The van der Waals surface area contributed by atoms with Crippen molar-refractivity contribution >= 4 is 33.7 Å². The quantitative estimate of drug-likeness (QED) is 0.107. The average Bonchev–Trinajstić information content (AvgIpc) is 3.20. The zero-order valence-corrected chi connectivity index (χ0v) is 21.1. The van der Waals surface area contributed by atoms with E-state index in [0.29, 0.717) is 24.2 Å². The van der Waals surface area contributed by atoms with Gasteiger partial charge in [0.2, 0.25) is 0 Å². The number of unbranched alkanes of at least 4 members (excludes halogenated alkanes) is 2. The van der Waals surface area contributed by atoms with Crippen LogP contribution in [-0.4, -0.2) is 30.2 Å². The number of fused-ring (bicyclic) bond motifs is 3. The number of nitrogens with zero attached hydrogens (tertiary/aromatic N) is 1. The molecule has 0 aliphatic rings. The number of esters is 1. The highest BCUT2D eigenvalue weighted by Gasteiger charge is 2.20. The maximum atomic E-state index is 12.6. The second kappa shape index (κ2) is 11.3. The fourth-order valence-electron chi connectivity index (χ4n) is 4.74. The molecule has 0 aliphatic carbocycles. The van der Waals surface area contributed by atoms with Gasteiger partial charge in [0, 0.05) is 24.4 Å². The Balaban J connectivity index is 1.74. The van der Waals surface area contributed by atoms with Crippen molar-refractivity contribution in [3.05, 3.63) is 76.9 Å². The second-order valence-corrected chi connectivity index (χ2v) is 8.97. The highest BCUT2D eigenvalue weighted by Crippen LogP contribution is 2.38. The number of ether oxygens (including phenoxy) is 2. The number of hydrogen-bond acceptors (Lipinski definition) is 5. The van der Waals surface area contributed by atoms with E-state index in [4.69, 9.17) is 15.3 Å². The van der Waals surface area contributed by atoms with E-state index >= 15 is 0 Å². The van der Waals surface area contributed by atoms with Crippen molar-refractivity contribution in [2.45, 2.75) is 39.0 Å². The molecule has 4 rings (SSSR count). The standard InChI is InChI=1S/C29H33N3O4/c1-4-5-6-9-20-17-24-27(26-22(28(33)31-30)12-8-13-23(26)32(24)2)25(18-20)36-15-14-19-10-7-11-21(16-19)29(34)35-3/h7-8,10-13,16-18H,4-6,9,14-15,30H2,1-3H3,(H,31,33). The van der Waals surface area contributed by atoms with Crippen molar-refractivity contribution in [2.75, 3.05) is 13.7 Å². The first-order valence-corrected chi connectivity index (χ1v) is 12.3. The molecule has 4 aromatic rings. The number of methoxy groups -OCH3 is 1. The Morgan fingerprint density at radius 3 is 2.50 bits per heavy atom. The van der Waals surface area contributed by atoms with E-state index in [2.05, 4.69) is 29.0 Å². The zero-order chi connectivity index (χ0) is 25.7. The van der Waals surface area contributed by atoms with Crippen molar-refractivity contribution < 1.29 is 19.1 Å². The number of nitrogens with one attached hydrogen (secondary N) is 1. The molecule has 0 bridgehead atoms. The summed E-state index contributed by atoms with van der Waals surface area (Å²) in [5.41, 5.74) is 7.43. The lowest BCUT2D eigenvalue weighted by atomic mass is 10.0. The first-order valence-electron chi connectivity index (χ1n) is 12.3. The molecule has 0 saturated heterocycles. The van der Waals surface area contributed by atoms with Crippen LogP contribution in [0.4, 0.5) is 0 Å². The lowest BCUT2D eigenvalue weighted by Crippen LogP contribution is -2.30. The number of aryl methyl sites for hydroxylation is 2. The van der Waals surface area contributed by atoms with Crippen molar-refractivity contribution in [3.8, 4) is 5.75 Å². The van der Waals surface area contributed by atoms with Gasteiger partial charge in [-0.25, -0.2) is 10.6 Å². The highest BCUT2D eigenvalue weighted by atomic mass is 16.5. The normalized spacial score (nSPS) is 11.1. The maximum Gasteiger partial charge on any atom is 0.337 e. The lowest BCUT2D eigenvalue weighted by molar-refractivity contribution is 0.0600. The average molecular weight is 488 g/mol. The summed E-state index contributed by atoms with van der Waals surface area (Å²) < 4.78 is 13.3. The number of carbonyl (C=O) groups excluding carboxylic acids is 2. The highest BCUT2D eigenvalue weighted by molar-refractivity contribution is 6.20. The van der Waals surface area contributed by atoms with Crippen LogP contribution in [0.15, 0.2) is 54.6 Å². The molecule has 1 amide bonds. The third-order valence-corrected chi connectivity index (χ3v) is 6.60. The largest absolute Gasteiger partial charge is 0.493 e. The van der Waals surface area contributed by atoms with E-state index in [9.17, 15) is 9.59 Å². The van der Waals surface area contributed by atoms with Crippen molar-refractivity contribution in [1.82, 2.24) is 9.99 Å². The van der Waals surface area contributed by atoms with Crippen LogP contribution in [0.5, 0.6) is 5.75 Å². The molecular formula is C29H33N3O4. The van der Waals surface area contributed by atoms with Crippen LogP contribution in [-0.2, 0) is 24.6 Å². The van der Waals surface area contributed by atoms with Gasteiger partial charge in [-0.2, -0.15) is 0 Å². The minimum Gasteiger partial charge on any atom is -0.493 e. The van der Waals surface area contributed by atoms with Crippen LogP contribution in [0.1, 0.15) is 58.0 Å². The Hall–Kier alpha value is -3.84. The summed E-state index contributed by atoms with van der Waals surface area (Å²) >= 11 is 0. The molecule has 0 unspecified atom stereocenters. The van der Waals surface area contributed by atoms with Crippen molar-refractivity contribution in [1.29, 1.82) is 0 Å².